The molecular formula is C19H24FNO2. The fraction of sp³-hybridized carbons (Fsp3) is 0.368. The summed E-state index contributed by atoms with van der Waals surface area (Å²) in [7, 11) is 1.63. The van der Waals surface area contributed by atoms with Crippen molar-refractivity contribution in [3.05, 3.63) is 47.3 Å². The summed E-state index contributed by atoms with van der Waals surface area (Å²) in [4.78, 5) is 0. The predicted octanol–water partition coefficient (Wildman–Crippen LogP) is 4.10. The fourth-order valence-electron chi connectivity index (χ4n) is 2.95. The van der Waals surface area contributed by atoms with Crippen molar-refractivity contribution in [3.63, 3.8) is 0 Å². The molecule has 0 bridgehead atoms. The molecule has 0 fully saturated rings. The van der Waals surface area contributed by atoms with E-state index in [1.807, 2.05) is 25.1 Å². The van der Waals surface area contributed by atoms with E-state index in [-0.39, 0.29) is 19.3 Å². The molecule has 4 heteroatoms. The highest BCUT2D eigenvalue weighted by Crippen LogP contribution is 2.40. The number of fused-ring (bicyclic) bond motifs is 1. The van der Waals surface area contributed by atoms with Gasteiger partial charge in [0.05, 0.1) is 7.11 Å². The summed E-state index contributed by atoms with van der Waals surface area (Å²) in [6.07, 6.45) is 1.61. The van der Waals surface area contributed by atoms with Gasteiger partial charge in [-0.1, -0.05) is 13.5 Å². The van der Waals surface area contributed by atoms with Gasteiger partial charge in [0.1, 0.15) is 23.4 Å². The molecule has 0 saturated heterocycles. The van der Waals surface area contributed by atoms with Gasteiger partial charge in [-0.25, -0.2) is 4.39 Å². The highest BCUT2D eigenvalue weighted by molar-refractivity contribution is 5.75. The summed E-state index contributed by atoms with van der Waals surface area (Å²) >= 11 is 0. The zero-order valence-corrected chi connectivity index (χ0v) is 12.9. The first-order chi connectivity index (χ1) is 10.6. The predicted molar refractivity (Wildman–Crippen MR) is 91.6 cm³/mol. The number of nitrogens with two attached hydrogens (primary N) is 1. The van der Waals surface area contributed by atoms with Crippen LogP contribution in [0.1, 0.15) is 25.0 Å². The SMILES string of the molecule is C.COc1ccc(-c2cc(F)cc3c2O[C@@H](CN)CC3)c(C)c1. The maximum Gasteiger partial charge on any atom is 0.131 e. The smallest absolute Gasteiger partial charge is 0.131 e. The van der Waals surface area contributed by atoms with E-state index in [0.717, 1.165) is 46.6 Å². The van der Waals surface area contributed by atoms with Gasteiger partial charge < -0.3 is 15.2 Å². The van der Waals surface area contributed by atoms with Crippen LogP contribution >= 0.6 is 0 Å². The van der Waals surface area contributed by atoms with Gasteiger partial charge in [0.2, 0.25) is 0 Å². The molecule has 3 nitrogen and oxygen atoms in total. The minimum Gasteiger partial charge on any atom is -0.497 e. The minimum absolute atomic E-state index is 0. The summed E-state index contributed by atoms with van der Waals surface area (Å²) in [6.45, 7) is 2.45. The van der Waals surface area contributed by atoms with E-state index in [2.05, 4.69) is 0 Å². The summed E-state index contributed by atoms with van der Waals surface area (Å²) in [6, 6.07) is 8.86. The van der Waals surface area contributed by atoms with Crippen LogP contribution in [0.5, 0.6) is 11.5 Å². The van der Waals surface area contributed by atoms with Gasteiger partial charge in [0.15, 0.2) is 0 Å². The van der Waals surface area contributed by atoms with Crippen molar-refractivity contribution in [1.82, 2.24) is 0 Å². The first kappa shape index (κ1) is 17.3. The summed E-state index contributed by atoms with van der Waals surface area (Å²) in [5.74, 6) is 1.31. The lowest BCUT2D eigenvalue weighted by Crippen LogP contribution is -2.30. The molecule has 0 aliphatic carbocycles. The van der Waals surface area contributed by atoms with E-state index < -0.39 is 0 Å². The van der Waals surface area contributed by atoms with Gasteiger partial charge >= 0.3 is 0 Å². The van der Waals surface area contributed by atoms with E-state index in [4.69, 9.17) is 15.2 Å². The Labute approximate surface area is 137 Å². The average Bonchev–Trinajstić information content (AvgIpc) is 2.53. The number of halogens is 1. The largest absolute Gasteiger partial charge is 0.497 e. The molecule has 0 radical (unpaired) electrons. The molecule has 1 aliphatic heterocycles. The Kier molecular flexibility index (Phi) is 5.26. The van der Waals surface area contributed by atoms with Crippen molar-refractivity contribution < 1.29 is 13.9 Å². The molecule has 2 aromatic carbocycles. The quantitative estimate of drug-likeness (QED) is 0.927. The second-order valence-corrected chi connectivity index (χ2v) is 5.64. The molecule has 0 unspecified atom stereocenters. The lowest BCUT2D eigenvalue weighted by molar-refractivity contribution is 0.182. The second kappa shape index (κ2) is 7.01. The van der Waals surface area contributed by atoms with Gasteiger partial charge in [0.25, 0.3) is 0 Å². The van der Waals surface area contributed by atoms with Gasteiger partial charge in [0, 0.05) is 12.1 Å². The third kappa shape index (κ3) is 3.32. The first-order valence-corrected chi connectivity index (χ1v) is 7.46. The van der Waals surface area contributed by atoms with Crippen molar-refractivity contribution in [2.75, 3.05) is 13.7 Å². The topological polar surface area (TPSA) is 44.5 Å². The molecule has 1 aliphatic rings. The number of methoxy groups -OCH3 is 1. The Hall–Kier alpha value is -2.07. The minimum atomic E-state index is -0.237. The number of rotatable bonds is 3. The van der Waals surface area contributed by atoms with Crippen LogP contribution in [0.4, 0.5) is 4.39 Å². The molecular weight excluding hydrogens is 293 g/mol. The van der Waals surface area contributed by atoms with Crippen molar-refractivity contribution in [2.24, 2.45) is 5.73 Å². The molecule has 3 rings (SSSR count). The maximum absolute atomic E-state index is 14.0. The van der Waals surface area contributed by atoms with Crippen LogP contribution in [-0.4, -0.2) is 19.8 Å². The lowest BCUT2D eigenvalue weighted by Gasteiger charge is -2.27. The van der Waals surface area contributed by atoms with E-state index in [1.54, 1.807) is 13.2 Å². The Morgan fingerprint density at radius 2 is 2.04 bits per heavy atom. The fourth-order valence-corrected chi connectivity index (χ4v) is 2.95. The van der Waals surface area contributed by atoms with Crippen LogP contribution in [0, 0.1) is 12.7 Å². The van der Waals surface area contributed by atoms with Gasteiger partial charge in [-0.2, -0.15) is 0 Å². The first-order valence-electron chi connectivity index (χ1n) is 7.46. The summed E-state index contributed by atoms with van der Waals surface area (Å²) in [5, 5.41) is 0. The second-order valence-electron chi connectivity index (χ2n) is 5.64. The average molecular weight is 317 g/mol. The van der Waals surface area contributed by atoms with E-state index in [1.165, 1.54) is 6.07 Å². The van der Waals surface area contributed by atoms with Crippen molar-refractivity contribution in [1.29, 1.82) is 0 Å². The molecule has 0 spiro atoms. The molecule has 1 atom stereocenters. The third-order valence-corrected chi connectivity index (χ3v) is 4.14. The molecule has 1 heterocycles. The standard InChI is InChI=1S/C18H20FNO2.CH4/c1-11-7-14(21-2)5-6-16(11)17-9-13(19)8-12-3-4-15(10-20)22-18(12)17;/h5-9,15H,3-4,10,20H2,1-2H3;1H4/t15-;/m1./s1. The number of benzene rings is 2. The van der Waals surface area contributed by atoms with E-state index in [9.17, 15) is 4.39 Å². The van der Waals surface area contributed by atoms with Crippen LogP contribution in [0.3, 0.4) is 0 Å². The van der Waals surface area contributed by atoms with Crippen LogP contribution < -0.4 is 15.2 Å². The van der Waals surface area contributed by atoms with Crippen LogP contribution in [-0.2, 0) is 6.42 Å². The maximum atomic E-state index is 14.0. The van der Waals surface area contributed by atoms with Crippen LogP contribution in [0.25, 0.3) is 11.1 Å². The molecule has 2 N–H and O–H groups in total. The number of ether oxygens (including phenoxy) is 2. The van der Waals surface area contributed by atoms with Crippen molar-refractivity contribution in [2.45, 2.75) is 33.3 Å². The number of aryl methyl sites for hydroxylation is 2. The van der Waals surface area contributed by atoms with Gasteiger partial charge in [-0.3, -0.25) is 0 Å². The zero-order valence-electron chi connectivity index (χ0n) is 12.9. The van der Waals surface area contributed by atoms with Crippen molar-refractivity contribution >= 4 is 0 Å². The highest BCUT2D eigenvalue weighted by atomic mass is 19.1. The monoisotopic (exact) mass is 317 g/mol. The summed E-state index contributed by atoms with van der Waals surface area (Å²) < 4.78 is 25.2. The Morgan fingerprint density at radius 3 is 2.70 bits per heavy atom. The van der Waals surface area contributed by atoms with E-state index >= 15 is 0 Å². The normalized spacial score (nSPS) is 16.1. The Morgan fingerprint density at radius 1 is 1.26 bits per heavy atom. The molecule has 0 aromatic heterocycles. The van der Waals surface area contributed by atoms with Crippen LogP contribution in [0.2, 0.25) is 0 Å². The Bertz CT molecular complexity index is 700. The summed E-state index contributed by atoms with van der Waals surface area (Å²) in [5.41, 5.74) is 9.40. The van der Waals surface area contributed by atoms with Crippen LogP contribution in [0.15, 0.2) is 30.3 Å². The Balaban J connectivity index is 0.00000192. The van der Waals surface area contributed by atoms with Crippen molar-refractivity contribution in [3.8, 4) is 22.6 Å². The van der Waals surface area contributed by atoms with Gasteiger partial charge in [-0.05, 0) is 60.7 Å². The molecule has 2 aromatic rings. The highest BCUT2D eigenvalue weighted by Gasteiger charge is 2.23. The molecule has 0 saturated carbocycles. The number of hydrogen-bond acceptors (Lipinski definition) is 3. The van der Waals surface area contributed by atoms with E-state index in [0.29, 0.717) is 6.54 Å². The number of hydrogen-bond donors (Lipinski definition) is 1. The van der Waals surface area contributed by atoms with Gasteiger partial charge in [-0.15, -0.1) is 0 Å². The molecule has 124 valence electrons. The zero-order chi connectivity index (χ0) is 15.7. The molecule has 23 heavy (non-hydrogen) atoms. The third-order valence-electron chi connectivity index (χ3n) is 4.14. The molecule has 0 amide bonds. The lowest BCUT2D eigenvalue weighted by atomic mass is 9.93.